The van der Waals surface area contributed by atoms with Crippen LogP contribution in [0.15, 0.2) is 188 Å². The number of benzene rings is 6. The van der Waals surface area contributed by atoms with Gasteiger partial charge >= 0.3 is 0 Å². The Morgan fingerprint density at radius 3 is 1.36 bits per heavy atom. The smallest absolute Gasteiger partial charge is 0.160 e. The SMILES string of the molecule is c1ccc(-c2ccc(-c3cc(-c4ccc(-c5nc(-c6ccccc6)c6sc7ncc(-c8ccccc8)cc7c6n5)cc4)nc(-c4ccccc4)n3)cc2)cc1. The van der Waals surface area contributed by atoms with Crippen molar-refractivity contribution in [3.8, 4) is 78.8 Å². The van der Waals surface area contributed by atoms with Gasteiger partial charge in [0.25, 0.3) is 0 Å². The third-order valence-corrected chi connectivity index (χ3v) is 10.9. The lowest BCUT2D eigenvalue weighted by molar-refractivity contribution is 1.18. The van der Waals surface area contributed by atoms with E-state index in [2.05, 4.69) is 133 Å². The highest BCUT2D eigenvalue weighted by molar-refractivity contribution is 7.25. The van der Waals surface area contributed by atoms with Gasteiger partial charge in [-0.2, -0.15) is 0 Å². The molecule has 0 N–H and O–H groups in total. The van der Waals surface area contributed by atoms with Crippen LogP contribution in [0, 0.1) is 0 Å². The van der Waals surface area contributed by atoms with Crippen LogP contribution in [0.2, 0.25) is 0 Å². The van der Waals surface area contributed by atoms with E-state index in [4.69, 9.17) is 24.9 Å². The molecular weight excluding hydrogens is 691 g/mol. The second kappa shape index (κ2) is 14.0. The summed E-state index contributed by atoms with van der Waals surface area (Å²) < 4.78 is 1.03. The van der Waals surface area contributed by atoms with Crippen molar-refractivity contribution in [1.29, 1.82) is 0 Å². The molecule has 0 unspecified atom stereocenters. The summed E-state index contributed by atoms with van der Waals surface area (Å²) >= 11 is 1.64. The van der Waals surface area contributed by atoms with Gasteiger partial charge in [0.05, 0.1) is 27.3 Å². The highest BCUT2D eigenvalue weighted by atomic mass is 32.1. The molecule has 6 aromatic carbocycles. The lowest BCUT2D eigenvalue weighted by Crippen LogP contribution is -1.96. The van der Waals surface area contributed by atoms with Gasteiger partial charge < -0.3 is 0 Å². The second-order valence-electron chi connectivity index (χ2n) is 13.3. The maximum absolute atomic E-state index is 5.23. The number of aromatic nitrogens is 5. The minimum Gasteiger partial charge on any atom is -0.245 e. The lowest BCUT2D eigenvalue weighted by Gasteiger charge is -2.11. The molecular formula is C49H31N5S. The van der Waals surface area contributed by atoms with E-state index >= 15 is 0 Å². The van der Waals surface area contributed by atoms with Gasteiger partial charge in [0.1, 0.15) is 4.83 Å². The maximum Gasteiger partial charge on any atom is 0.160 e. The first-order valence-electron chi connectivity index (χ1n) is 18.2. The summed E-state index contributed by atoms with van der Waals surface area (Å²) in [5.41, 5.74) is 13.0. The molecule has 0 aliphatic rings. The molecule has 258 valence electrons. The highest BCUT2D eigenvalue weighted by Crippen LogP contribution is 2.40. The molecule has 0 saturated heterocycles. The normalized spacial score (nSPS) is 11.3. The van der Waals surface area contributed by atoms with Crippen LogP contribution in [-0.4, -0.2) is 24.9 Å². The zero-order chi connectivity index (χ0) is 36.6. The molecule has 0 radical (unpaired) electrons. The number of hydrogen-bond donors (Lipinski definition) is 0. The van der Waals surface area contributed by atoms with E-state index in [1.54, 1.807) is 11.3 Å². The maximum atomic E-state index is 5.23. The Bertz CT molecular complexity index is 2930. The fourth-order valence-corrected chi connectivity index (χ4v) is 8.03. The summed E-state index contributed by atoms with van der Waals surface area (Å²) in [5, 5.41) is 1.03. The molecule has 0 bridgehead atoms. The van der Waals surface area contributed by atoms with Crippen molar-refractivity contribution in [3.05, 3.63) is 188 Å². The zero-order valence-electron chi connectivity index (χ0n) is 29.5. The van der Waals surface area contributed by atoms with Gasteiger partial charge in [-0.25, -0.2) is 24.9 Å². The van der Waals surface area contributed by atoms with Crippen LogP contribution >= 0.6 is 11.3 Å². The molecule has 0 amide bonds. The van der Waals surface area contributed by atoms with E-state index in [0.29, 0.717) is 11.6 Å². The van der Waals surface area contributed by atoms with Gasteiger partial charge in [-0.15, -0.1) is 11.3 Å². The average molecular weight is 722 g/mol. The quantitative estimate of drug-likeness (QED) is 0.164. The summed E-state index contributed by atoms with van der Waals surface area (Å²) in [6, 6.07) is 62.5. The van der Waals surface area contributed by atoms with Crippen molar-refractivity contribution < 1.29 is 0 Å². The highest BCUT2D eigenvalue weighted by Gasteiger charge is 2.18. The Morgan fingerprint density at radius 2 is 0.782 bits per heavy atom. The molecule has 0 atom stereocenters. The molecule has 0 saturated carbocycles. The summed E-state index contributed by atoms with van der Waals surface area (Å²) in [6.45, 7) is 0. The van der Waals surface area contributed by atoms with Crippen molar-refractivity contribution in [3.63, 3.8) is 0 Å². The predicted molar refractivity (Wildman–Crippen MR) is 226 cm³/mol. The van der Waals surface area contributed by atoms with Gasteiger partial charge in [0.2, 0.25) is 0 Å². The van der Waals surface area contributed by atoms with Gasteiger partial charge in [0, 0.05) is 45.0 Å². The van der Waals surface area contributed by atoms with E-state index in [0.717, 1.165) is 82.0 Å². The van der Waals surface area contributed by atoms with Gasteiger partial charge in [-0.05, 0) is 28.8 Å². The molecule has 6 heteroatoms. The van der Waals surface area contributed by atoms with E-state index in [1.807, 2.05) is 54.7 Å². The van der Waals surface area contributed by atoms with Crippen molar-refractivity contribution in [2.45, 2.75) is 0 Å². The van der Waals surface area contributed by atoms with Crippen molar-refractivity contribution in [1.82, 2.24) is 24.9 Å². The molecule has 0 spiro atoms. The molecule has 4 heterocycles. The molecule has 0 aliphatic heterocycles. The van der Waals surface area contributed by atoms with Crippen LogP contribution in [0.3, 0.4) is 0 Å². The third-order valence-electron chi connectivity index (χ3n) is 9.81. The first-order valence-corrected chi connectivity index (χ1v) is 19.0. The largest absolute Gasteiger partial charge is 0.245 e. The number of rotatable bonds is 7. The summed E-state index contributed by atoms with van der Waals surface area (Å²) in [4.78, 5) is 26.4. The first-order chi connectivity index (χ1) is 27.2. The monoisotopic (exact) mass is 721 g/mol. The molecule has 0 aliphatic carbocycles. The van der Waals surface area contributed by atoms with Crippen LogP contribution in [-0.2, 0) is 0 Å². The third kappa shape index (κ3) is 6.35. The van der Waals surface area contributed by atoms with Crippen molar-refractivity contribution >= 4 is 31.8 Å². The van der Waals surface area contributed by atoms with Crippen LogP contribution < -0.4 is 0 Å². The first kappa shape index (κ1) is 32.5. The zero-order valence-corrected chi connectivity index (χ0v) is 30.4. The Hall–Kier alpha value is -7.15. The van der Waals surface area contributed by atoms with Crippen molar-refractivity contribution in [2.24, 2.45) is 0 Å². The minimum atomic E-state index is 0.662. The van der Waals surface area contributed by atoms with Gasteiger partial charge in [-0.1, -0.05) is 170 Å². The summed E-state index contributed by atoms with van der Waals surface area (Å²) in [7, 11) is 0. The van der Waals surface area contributed by atoms with Gasteiger partial charge in [0.15, 0.2) is 11.6 Å². The predicted octanol–water partition coefficient (Wildman–Crippen LogP) is 12.7. The minimum absolute atomic E-state index is 0.662. The van der Waals surface area contributed by atoms with Crippen molar-refractivity contribution in [2.75, 3.05) is 0 Å². The van der Waals surface area contributed by atoms with E-state index in [9.17, 15) is 0 Å². The second-order valence-corrected chi connectivity index (χ2v) is 14.3. The Labute approximate surface area is 322 Å². The van der Waals surface area contributed by atoms with Crippen LogP contribution in [0.1, 0.15) is 0 Å². The number of hydrogen-bond acceptors (Lipinski definition) is 6. The van der Waals surface area contributed by atoms with Crippen LogP contribution in [0.4, 0.5) is 0 Å². The van der Waals surface area contributed by atoms with Crippen LogP contribution in [0.25, 0.3) is 99.2 Å². The Balaban J connectivity index is 1.07. The number of nitrogens with zero attached hydrogens (tertiary/aromatic N) is 5. The molecule has 55 heavy (non-hydrogen) atoms. The molecule has 4 aromatic heterocycles. The van der Waals surface area contributed by atoms with Gasteiger partial charge in [-0.3, -0.25) is 0 Å². The average Bonchev–Trinajstić information content (AvgIpc) is 3.65. The van der Waals surface area contributed by atoms with E-state index in [1.165, 1.54) is 5.56 Å². The number of pyridine rings is 1. The molecule has 0 fully saturated rings. The van der Waals surface area contributed by atoms with Crippen LogP contribution in [0.5, 0.6) is 0 Å². The fourth-order valence-electron chi connectivity index (χ4n) is 6.95. The van der Waals surface area contributed by atoms with E-state index < -0.39 is 0 Å². The molecule has 10 aromatic rings. The van der Waals surface area contributed by atoms with E-state index in [-0.39, 0.29) is 0 Å². The Kier molecular flexibility index (Phi) is 8.28. The number of fused-ring (bicyclic) bond motifs is 3. The lowest BCUT2D eigenvalue weighted by atomic mass is 10.0. The molecule has 5 nitrogen and oxygen atoms in total. The fraction of sp³-hybridized carbons (Fsp3) is 0. The topological polar surface area (TPSA) is 64.5 Å². The molecule has 10 rings (SSSR count). The summed E-state index contributed by atoms with van der Waals surface area (Å²) in [5.74, 6) is 1.34. The number of thiophene rings is 1. The Morgan fingerprint density at radius 1 is 0.345 bits per heavy atom. The standard InChI is InChI=1S/C49H31N5S/c1-5-13-32(14-6-1)34-21-23-35(24-22-34)42-30-43(52-47(51-42)38-19-11-4-12-20-38)36-25-27-39(28-26-36)48-53-44(37-17-9-3-10-18-37)46-45(54-48)41-29-40(31-50-49(41)55-46)33-15-7-2-8-16-33/h1-31H. The summed E-state index contributed by atoms with van der Waals surface area (Å²) in [6.07, 6.45) is 1.95.